The average molecular weight is 332 g/mol. The Hall–Kier alpha value is -2.26. The molecule has 0 unspecified atom stereocenters. The number of hydrogen-bond acceptors (Lipinski definition) is 5. The molecule has 0 aliphatic heterocycles. The molecule has 0 saturated carbocycles. The molecule has 0 amide bonds. The SMILES string of the molecule is O=[N+]([O-])c1cc(F)cc(NS(=O)(=O)c2ccc(Cl)nc2)c1. The van der Waals surface area contributed by atoms with Gasteiger partial charge in [0.25, 0.3) is 15.7 Å². The van der Waals surface area contributed by atoms with Gasteiger partial charge in [0.2, 0.25) is 0 Å². The van der Waals surface area contributed by atoms with E-state index in [4.69, 9.17) is 11.6 Å². The standard InChI is InChI=1S/C11H7ClFN3O4S/c12-11-2-1-10(6-14-11)21(19,20)15-8-3-7(13)4-9(5-8)16(17)18/h1-6,15H. The maximum atomic E-state index is 13.2. The Morgan fingerprint density at radius 2 is 2.00 bits per heavy atom. The Kier molecular flexibility index (Phi) is 4.05. The number of nitrogens with one attached hydrogen (secondary N) is 1. The minimum atomic E-state index is -4.05. The highest BCUT2D eigenvalue weighted by molar-refractivity contribution is 7.92. The predicted octanol–water partition coefficient (Wildman–Crippen LogP) is 2.58. The summed E-state index contributed by atoms with van der Waals surface area (Å²) in [6.07, 6.45) is 1.01. The maximum absolute atomic E-state index is 13.2. The van der Waals surface area contributed by atoms with Gasteiger partial charge in [-0.1, -0.05) is 11.6 Å². The van der Waals surface area contributed by atoms with E-state index in [0.29, 0.717) is 6.07 Å². The zero-order chi connectivity index (χ0) is 15.6. The molecule has 110 valence electrons. The topological polar surface area (TPSA) is 102 Å². The van der Waals surface area contributed by atoms with E-state index in [0.717, 1.165) is 18.3 Å². The lowest BCUT2D eigenvalue weighted by Crippen LogP contribution is -2.13. The van der Waals surface area contributed by atoms with Crippen molar-refractivity contribution in [1.29, 1.82) is 0 Å². The van der Waals surface area contributed by atoms with E-state index in [1.807, 2.05) is 4.72 Å². The number of pyridine rings is 1. The van der Waals surface area contributed by atoms with Gasteiger partial charge in [0.1, 0.15) is 15.9 Å². The van der Waals surface area contributed by atoms with Crippen LogP contribution in [0.3, 0.4) is 0 Å². The number of nitro groups is 1. The van der Waals surface area contributed by atoms with Crippen LogP contribution in [0, 0.1) is 15.9 Å². The van der Waals surface area contributed by atoms with Crippen LogP contribution in [0.4, 0.5) is 15.8 Å². The second kappa shape index (κ2) is 5.62. The van der Waals surface area contributed by atoms with Crippen LogP contribution in [0.5, 0.6) is 0 Å². The molecule has 2 rings (SSSR count). The number of nitro benzene ring substituents is 1. The molecule has 0 spiro atoms. The van der Waals surface area contributed by atoms with Crippen molar-refractivity contribution in [2.75, 3.05) is 4.72 Å². The minimum Gasteiger partial charge on any atom is -0.279 e. The van der Waals surface area contributed by atoms with Crippen molar-refractivity contribution in [3.05, 3.63) is 57.6 Å². The fourth-order valence-corrected chi connectivity index (χ4v) is 2.57. The Bertz CT molecular complexity index is 796. The average Bonchev–Trinajstić information content (AvgIpc) is 2.37. The number of non-ortho nitro benzene ring substituents is 1. The lowest BCUT2D eigenvalue weighted by molar-refractivity contribution is -0.385. The predicted molar refractivity (Wildman–Crippen MR) is 73.1 cm³/mol. The number of rotatable bonds is 4. The first-order valence-corrected chi connectivity index (χ1v) is 7.23. The Labute approximate surface area is 123 Å². The van der Waals surface area contributed by atoms with Crippen LogP contribution >= 0.6 is 11.6 Å². The van der Waals surface area contributed by atoms with Gasteiger partial charge in [0.05, 0.1) is 16.7 Å². The fourth-order valence-electron chi connectivity index (χ4n) is 1.47. The molecule has 1 aromatic carbocycles. The van der Waals surface area contributed by atoms with Gasteiger partial charge in [0, 0.05) is 12.3 Å². The molecular weight excluding hydrogens is 325 g/mol. The number of anilines is 1. The smallest absolute Gasteiger partial charge is 0.274 e. The maximum Gasteiger partial charge on any atom is 0.274 e. The number of benzene rings is 1. The van der Waals surface area contributed by atoms with Gasteiger partial charge in [-0.2, -0.15) is 0 Å². The van der Waals surface area contributed by atoms with Crippen molar-refractivity contribution in [1.82, 2.24) is 4.98 Å². The van der Waals surface area contributed by atoms with E-state index in [2.05, 4.69) is 4.98 Å². The highest BCUT2D eigenvalue weighted by Gasteiger charge is 2.17. The highest BCUT2D eigenvalue weighted by Crippen LogP contribution is 2.22. The van der Waals surface area contributed by atoms with Crippen molar-refractivity contribution in [2.45, 2.75) is 4.90 Å². The van der Waals surface area contributed by atoms with Crippen LogP contribution in [0.2, 0.25) is 5.15 Å². The van der Waals surface area contributed by atoms with Crippen LogP contribution in [0.25, 0.3) is 0 Å². The van der Waals surface area contributed by atoms with Crippen LogP contribution in [0.1, 0.15) is 0 Å². The summed E-state index contributed by atoms with van der Waals surface area (Å²) in [5, 5.41) is 10.7. The van der Waals surface area contributed by atoms with E-state index in [-0.39, 0.29) is 15.7 Å². The molecule has 0 atom stereocenters. The van der Waals surface area contributed by atoms with Gasteiger partial charge < -0.3 is 0 Å². The van der Waals surface area contributed by atoms with Crippen molar-refractivity contribution >= 4 is 33.0 Å². The van der Waals surface area contributed by atoms with Gasteiger partial charge in [-0.05, 0) is 18.2 Å². The Morgan fingerprint density at radius 3 is 2.57 bits per heavy atom. The van der Waals surface area contributed by atoms with Crippen molar-refractivity contribution < 1.29 is 17.7 Å². The lowest BCUT2D eigenvalue weighted by atomic mass is 10.3. The summed E-state index contributed by atoms with van der Waals surface area (Å²) in [6, 6.07) is 4.88. The van der Waals surface area contributed by atoms with E-state index in [9.17, 15) is 22.9 Å². The molecule has 1 aromatic heterocycles. The Balaban J connectivity index is 2.36. The third-order valence-electron chi connectivity index (χ3n) is 2.36. The summed E-state index contributed by atoms with van der Waals surface area (Å²) in [5.41, 5.74) is -0.835. The molecule has 0 aliphatic carbocycles. The molecule has 7 nitrogen and oxygen atoms in total. The van der Waals surface area contributed by atoms with Gasteiger partial charge in [-0.15, -0.1) is 0 Å². The summed E-state index contributed by atoms with van der Waals surface area (Å²) in [4.78, 5) is 13.2. The van der Waals surface area contributed by atoms with Gasteiger partial charge >= 0.3 is 0 Å². The molecule has 2 aromatic rings. The first kappa shape index (κ1) is 15.1. The van der Waals surface area contributed by atoms with Gasteiger partial charge in [0.15, 0.2) is 0 Å². The number of sulfonamides is 1. The fraction of sp³-hybridized carbons (Fsp3) is 0. The second-order valence-corrected chi connectivity index (χ2v) is 5.95. The van der Waals surface area contributed by atoms with Crippen molar-refractivity contribution in [3.63, 3.8) is 0 Å². The van der Waals surface area contributed by atoms with Gasteiger partial charge in [-0.25, -0.2) is 17.8 Å². The monoisotopic (exact) mass is 331 g/mol. The second-order valence-electron chi connectivity index (χ2n) is 3.88. The van der Waals surface area contributed by atoms with Crippen molar-refractivity contribution in [3.8, 4) is 0 Å². The highest BCUT2D eigenvalue weighted by atomic mass is 35.5. The van der Waals surface area contributed by atoms with Crippen LogP contribution < -0.4 is 4.72 Å². The normalized spacial score (nSPS) is 11.1. The molecular formula is C11H7ClFN3O4S. The van der Waals surface area contributed by atoms with Crippen LogP contribution in [-0.4, -0.2) is 18.3 Å². The molecule has 21 heavy (non-hydrogen) atoms. The minimum absolute atomic E-state index is 0.107. The summed E-state index contributed by atoms with van der Waals surface area (Å²) < 4.78 is 39.3. The molecule has 0 saturated heterocycles. The summed E-state index contributed by atoms with van der Waals surface area (Å²) in [7, 11) is -4.05. The zero-order valence-electron chi connectivity index (χ0n) is 10.2. The zero-order valence-corrected chi connectivity index (χ0v) is 11.7. The van der Waals surface area contributed by atoms with Crippen LogP contribution in [0.15, 0.2) is 41.4 Å². The number of hydrogen-bond donors (Lipinski definition) is 1. The third kappa shape index (κ3) is 3.64. The lowest BCUT2D eigenvalue weighted by Gasteiger charge is -2.07. The van der Waals surface area contributed by atoms with E-state index in [1.165, 1.54) is 12.1 Å². The number of aromatic nitrogens is 1. The molecule has 1 heterocycles. The summed E-state index contributed by atoms with van der Waals surface area (Å²) in [5.74, 6) is -0.934. The molecule has 0 bridgehead atoms. The van der Waals surface area contributed by atoms with E-state index >= 15 is 0 Å². The van der Waals surface area contributed by atoms with Gasteiger partial charge in [-0.3, -0.25) is 14.8 Å². The first-order valence-electron chi connectivity index (χ1n) is 5.37. The summed E-state index contributed by atoms with van der Waals surface area (Å²) >= 11 is 5.55. The molecule has 0 radical (unpaired) electrons. The number of nitrogens with zero attached hydrogens (tertiary/aromatic N) is 2. The molecule has 1 N–H and O–H groups in total. The van der Waals surface area contributed by atoms with E-state index < -0.39 is 26.5 Å². The van der Waals surface area contributed by atoms with E-state index in [1.54, 1.807) is 0 Å². The first-order chi connectivity index (χ1) is 9.78. The summed E-state index contributed by atoms with van der Waals surface area (Å²) in [6.45, 7) is 0. The third-order valence-corrected chi connectivity index (χ3v) is 3.95. The molecule has 0 aliphatic rings. The largest absolute Gasteiger partial charge is 0.279 e. The Morgan fingerprint density at radius 1 is 1.29 bits per heavy atom. The number of halogens is 2. The van der Waals surface area contributed by atoms with Crippen LogP contribution in [-0.2, 0) is 10.0 Å². The van der Waals surface area contributed by atoms with Crippen molar-refractivity contribution in [2.24, 2.45) is 0 Å². The molecule has 0 fully saturated rings. The molecule has 10 heteroatoms. The quantitative estimate of drug-likeness (QED) is 0.527.